The quantitative estimate of drug-likeness (QED) is 0.534. The van der Waals surface area contributed by atoms with E-state index in [0.717, 1.165) is 38.3 Å². The Morgan fingerprint density at radius 1 is 1.07 bits per heavy atom. The minimum absolute atomic E-state index is 0.0236. The minimum Gasteiger partial charge on any atom is -0.341 e. The molecule has 7 heteroatoms. The molecule has 2 rings (SSSR count). The maximum Gasteiger partial charge on any atom is 0.225 e. The molecule has 0 spiro atoms. The summed E-state index contributed by atoms with van der Waals surface area (Å²) >= 11 is 0. The highest BCUT2D eigenvalue weighted by molar-refractivity contribution is 7.88. The molecule has 1 saturated heterocycles. The summed E-state index contributed by atoms with van der Waals surface area (Å²) in [5.74, 6) is 0.548. The lowest BCUT2D eigenvalue weighted by molar-refractivity contribution is -0.137. The summed E-state index contributed by atoms with van der Waals surface area (Å²) in [5.41, 5.74) is 0.801. The third-order valence-corrected chi connectivity index (χ3v) is 7.72. The standard InChI is InChI=1S/C23H39N3O3S/c1-5-24(6-2)16-17-25(18-20(3)4)23(27)22-12-14-26(15-13-22)30(28,29)19-21-10-8-7-9-11-21/h7-11,20,22H,5-6,12-19H2,1-4H3. The van der Waals surface area contributed by atoms with Crippen LogP contribution in [0, 0.1) is 11.8 Å². The second-order valence-corrected chi connectivity index (χ2v) is 10.6. The van der Waals surface area contributed by atoms with Crippen LogP contribution in [0.4, 0.5) is 0 Å². The molecule has 0 N–H and O–H groups in total. The van der Waals surface area contributed by atoms with Crippen LogP contribution in [0.1, 0.15) is 46.1 Å². The molecule has 0 atom stereocenters. The molecule has 0 radical (unpaired) electrons. The number of hydrogen-bond acceptors (Lipinski definition) is 4. The van der Waals surface area contributed by atoms with Gasteiger partial charge in [-0.1, -0.05) is 58.0 Å². The third-order valence-electron chi connectivity index (χ3n) is 5.87. The van der Waals surface area contributed by atoms with E-state index < -0.39 is 10.0 Å². The van der Waals surface area contributed by atoms with Crippen molar-refractivity contribution in [3.8, 4) is 0 Å². The van der Waals surface area contributed by atoms with E-state index in [9.17, 15) is 13.2 Å². The Bertz CT molecular complexity index is 740. The van der Waals surface area contributed by atoms with E-state index in [2.05, 4.69) is 32.6 Å². The zero-order valence-electron chi connectivity index (χ0n) is 19.1. The number of piperidine rings is 1. The molecule has 0 aliphatic carbocycles. The van der Waals surface area contributed by atoms with Crippen LogP contribution >= 0.6 is 0 Å². The Kier molecular flexibility index (Phi) is 9.78. The average Bonchev–Trinajstić information content (AvgIpc) is 2.73. The number of nitrogens with zero attached hydrogens (tertiary/aromatic N) is 3. The van der Waals surface area contributed by atoms with Crippen LogP contribution in [0.2, 0.25) is 0 Å². The first-order valence-corrected chi connectivity index (χ1v) is 12.9. The Morgan fingerprint density at radius 2 is 1.67 bits per heavy atom. The smallest absolute Gasteiger partial charge is 0.225 e. The molecule has 1 aliphatic heterocycles. The van der Waals surface area contributed by atoms with Crippen molar-refractivity contribution in [1.29, 1.82) is 0 Å². The number of likely N-dealkylation sites (N-methyl/N-ethyl adjacent to an activating group) is 1. The van der Waals surface area contributed by atoms with Crippen LogP contribution in [0.5, 0.6) is 0 Å². The first-order valence-electron chi connectivity index (χ1n) is 11.3. The van der Waals surface area contributed by atoms with Gasteiger partial charge in [0, 0.05) is 38.6 Å². The summed E-state index contributed by atoms with van der Waals surface area (Å²) < 4.78 is 27.1. The van der Waals surface area contributed by atoms with Crippen molar-refractivity contribution < 1.29 is 13.2 Å². The third kappa shape index (κ3) is 7.36. The molecule has 6 nitrogen and oxygen atoms in total. The molecular formula is C23H39N3O3S. The molecule has 30 heavy (non-hydrogen) atoms. The van der Waals surface area contributed by atoms with Gasteiger partial charge >= 0.3 is 0 Å². The van der Waals surface area contributed by atoms with E-state index in [4.69, 9.17) is 0 Å². The van der Waals surface area contributed by atoms with Gasteiger partial charge in [0.1, 0.15) is 0 Å². The van der Waals surface area contributed by atoms with Crippen LogP contribution in [0.25, 0.3) is 0 Å². The fourth-order valence-corrected chi connectivity index (χ4v) is 5.61. The van der Waals surface area contributed by atoms with Crippen LogP contribution in [-0.4, -0.2) is 74.2 Å². The van der Waals surface area contributed by atoms with Gasteiger partial charge in [0.15, 0.2) is 0 Å². The van der Waals surface area contributed by atoms with Crippen molar-refractivity contribution in [2.24, 2.45) is 11.8 Å². The monoisotopic (exact) mass is 437 g/mol. The molecule has 1 amide bonds. The van der Waals surface area contributed by atoms with Gasteiger partial charge in [-0.3, -0.25) is 4.79 Å². The highest BCUT2D eigenvalue weighted by Crippen LogP contribution is 2.24. The van der Waals surface area contributed by atoms with E-state index in [1.807, 2.05) is 35.2 Å². The lowest BCUT2D eigenvalue weighted by Crippen LogP contribution is -2.47. The van der Waals surface area contributed by atoms with Crippen molar-refractivity contribution in [3.05, 3.63) is 35.9 Å². The Morgan fingerprint density at radius 3 is 2.20 bits per heavy atom. The number of amides is 1. The summed E-state index contributed by atoms with van der Waals surface area (Å²) in [6.07, 6.45) is 1.21. The highest BCUT2D eigenvalue weighted by atomic mass is 32.2. The van der Waals surface area contributed by atoms with Crippen molar-refractivity contribution in [2.75, 3.05) is 45.8 Å². The topological polar surface area (TPSA) is 60.9 Å². The second kappa shape index (κ2) is 11.8. The summed E-state index contributed by atoms with van der Waals surface area (Å²) in [6, 6.07) is 9.28. The van der Waals surface area contributed by atoms with Gasteiger partial charge in [-0.25, -0.2) is 12.7 Å². The fraction of sp³-hybridized carbons (Fsp3) is 0.696. The zero-order chi connectivity index (χ0) is 22.1. The number of benzene rings is 1. The van der Waals surface area contributed by atoms with Gasteiger partial charge in [0.25, 0.3) is 0 Å². The van der Waals surface area contributed by atoms with Crippen molar-refractivity contribution >= 4 is 15.9 Å². The predicted octanol–water partition coefficient (Wildman–Crippen LogP) is 3.05. The van der Waals surface area contributed by atoms with E-state index in [0.29, 0.717) is 31.8 Å². The number of sulfonamides is 1. The number of carbonyl (C=O) groups excluding carboxylic acids is 1. The van der Waals surface area contributed by atoms with Crippen LogP contribution in [0.3, 0.4) is 0 Å². The molecule has 1 heterocycles. The lowest BCUT2D eigenvalue weighted by atomic mass is 9.96. The second-order valence-electron chi connectivity index (χ2n) is 8.62. The van der Waals surface area contributed by atoms with E-state index in [1.165, 1.54) is 0 Å². The molecule has 0 aromatic heterocycles. The van der Waals surface area contributed by atoms with Crippen molar-refractivity contribution in [2.45, 2.75) is 46.3 Å². The molecule has 0 saturated carbocycles. The van der Waals surface area contributed by atoms with Gasteiger partial charge in [0.2, 0.25) is 15.9 Å². The summed E-state index contributed by atoms with van der Waals surface area (Å²) in [4.78, 5) is 17.5. The zero-order valence-corrected chi connectivity index (χ0v) is 19.9. The first kappa shape index (κ1) is 24.8. The number of rotatable bonds is 11. The highest BCUT2D eigenvalue weighted by Gasteiger charge is 2.33. The van der Waals surface area contributed by atoms with Gasteiger partial charge in [0.05, 0.1) is 5.75 Å². The Labute approximate surface area is 183 Å². The predicted molar refractivity (Wildman–Crippen MR) is 123 cm³/mol. The molecule has 1 fully saturated rings. The van der Waals surface area contributed by atoms with Crippen LogP contribution in [-0.2, 0) is 20.6 Å². The van der Waals surface area contributed by atoms with Gasteiger partial charge < -0.3 is 9.80 Å². The largest absolute Gasteiger partial charge is 0.341 e. The van der Waals surface area contributed by atoms with Crippen LogP contribution < -0.4 is 0 Å². The maximum atomic E-state index is 13.2. The lowest BCUT2D eigenvalue weighted by Gasteiger charge is -2.35. The Balaban J connectivity index is 1.94. The summed E-state index contributed by atoms with van der Waals surface area (Å²) in [7, 11) is -3.35. The molecule has 0 unspecified atom stereocenters. The van der Waals surface area contributed by atoms with E-state index in [-0.39, 0.29) is 17.6 Å². The molecule has 170 valence electrons. The minimum atomic E-state index is -3.35. The molecule has 0 bridgehead atoms. The summed E-state index contributed by atoms with van der Waals surface area (Å²) in [5, 5.41) is 0. The van der Waals surface area contributed by atoms with Gasteiger partial charge in [-0.2, -0.15) is 0 Å². The maximum absolute atomic E-state index is 13.2. The first-order chi connectivity index (χ1) is 14.3. The molecule has 1 aromatic rings. The van der Waals surface area contributed by atoms with Crippen molar-refractivity contribution in [1.82, 2.24) is 14.1 Å². The normalized spacial score (nSPS) is 16.3. The number of hydrogen-bond donors (Lipinski definition) is 0. The Hall–Kier alpha value is -1.44. The molecule has 1 aliphatic rings. The van der Waals surface area contributed by atoms with Gasteiger partial charge in [-0.15, -0.1) is 0 Å². The summed E-state index contributed by atoms with van der Waals surface area (Å²) in [6.45, 7) is 13.8. The molecule has 1 aromatic carbocycles. The van der Waals surface area contributed by atoms with E-state index in [1.54, 1.807) is 4.31 Å². The fourth-order valence-electron chi connectivity index (χ4n) is 4.05. The van der Waals surface area contributed by atoms with Crippen molar-refractivity contribution in [3.63, 3.8) is 0 Å². The molecular weight excluding hydrogens is 398 g/mol. The van der Waals surface area contributed by atoms with Crippen LogP contribution in [0.15, 0.2) is 30.3 Å². The number of carbonyl (C=O) groups is 1. The average molecular weight is 438 g/mol. The van der Waals surface area contributed by atoms with E-state index >= 15 is 0 Å². The van der Waals surface area contributed by atoms with Gasteiger partial charge in [-0.05, 0) is 37.4 Å². The SMILES string of the molecule is CCN(CC)CCN(CC(C)C)C(=O)C1CCN(S(=O)(=O)Cc2ccccc2)CC1.